The Balaban J connectivity index is 1.98. The predicted octanol–water partition coefficient (Wildman–Crippen LogP) is 0.624. The van der Waals surface area contributed by atoms with Gasteiger partial charge in [-0.1, -0.05) is 0 Å². The van der Waals surface area contributed by atoms with E-state index in [2.05, 4.69) is 28.3 Å². The smallest absolute Gasteiger partial charge is 0.123 e. The lowest BCUT2D eigenvalue weighted by molar-refractivity contribution is -0.0271. The summed E-state index contributed by atoms with van der Waals surface area (Å²) in [4.78, 5) is 6.79. The van der Waals surface area contributed by atoms with E-state index >= 15 is 0 Å². The number of rotatable bonds is 4. The number of morpholine rings is 1. The van der Waals surface area contributed by atoms with E-state index < -0.39 is 0 Å². The van der Waals surface area contributed by atoms with Gasteiger partial charge in [0.05, 0.1) is 19.3 Å². The van der Waals surface area contributed by atoms with Gasteiger partial charge >= 0.3 is 0 Å². The minimum absolute atomic E-state index is 0.172. The van der Waals surface area contributed by atoms with Crippen molar-refractivity contribution < 1.29 is 4.74 Å². The molecule has 5 heteroatoms. The molecule has 0 saturated carbocycles. The molecule has 2 heterocycles. The Morgan fingerprint density at radius 1 is 1.59 bits per heavy atom. The topological polar surface area (TPSA) is 56.3 Å². The van der Waals surface area contributed by atoms with Crippen LogP contribution >= 0.6 is 0 Å². The van der Waals surface area contributed by atoms with Gasteiger partial charge in [-0.15, -0.1) is 0 Å². The molecule has 1 atom stereocenters. The molecule has 1 aromatic rings. The molecular weight excluding hydrogens is 216 g/mol. The van der Waals surface area contributed by atoms with Crippen molar-refractivity contribution in [2.24, 2.45) is 5.73 Å². The first-order chi connectivity index (χ1) is 8.20. The van der Waals surface area contributed by atoms with Crippen molar-refractivity contribution in [2.75, 3.05) is 26.2 Å². The second kappa shape index (κ2) is 5.62. The molecule has 96 valence electrons. The molecule has 0 bridgehead atoms. The maximum Gasteiger partial charge on any atom is 0.123 e. The van der Waals surface area contributed by atoms with Crippen molar-refractivity contribution in [1.82, 2.24) is 14.5 Å². The fraction of sp³-hybridized carbons (Fsp3) is 0.750. The summed E-state index contributed by atoms with van der Waals surface area (Å²) < 4.78 is 7.78. The molecule has 0 radical (unpaired) electrons. The molecule has 1 aliphatic heterocycles. The van der Waals surface area contributed by atoms with Crippen LogP contribution in [0.5, 0.6) is 0 Å². The molecule has 2 N–H and O–H groups in total. The van der Waals surface area contributed by atoms with Crippen LogP contribution in [0.2, 0.25) is 0 Å². The summed E-state index contributed by atoms with van der Waals surface area (Å²) in [6, 6.07) is 0.457. The van der Waals surface area contributed by atoms with Crippen LogP contribution < -0.4 is 5.73 Å². The minimum atomic E-state index is 0.172. The van der Waals surface area contributed by atoms with Crippen LogP contribution in [0.1, 0.15) is 25.7 Å². The van der Waals surface area contributed by atoms with Gasteiger partial charge in [0.1, 0.15) is 5.82 Å². The fourth-order valence-electron chi connectivity index (χ4n) is 2.20. The van der Waals surface area contributed by atoms with Gasteiger partial charge < -0.3 is 15.0 Å². The molecule has 1 aliphatic rings. The van der Waals surface area contributed by atoms with Crippen LogP contribution in [0.4, 0.5) is 0 Å². The van der Waals surface area contributed by atoms with E-state index in [0.29, 0.717) is 12.6 Å². The van der Waals surface area contributed by atoms with Crippen LogP contribution in [-0.4, -0.2) is 46.8 Å². The van der Waals surface area contributed by atoms with Gasteiger partial charge in [-0.3, -0.25) is 4.90 Å². The van der Waals surface area contributed by atoms with Crippen molar-refractivity contribution in [2.45, 2.75) is 32.5 Å². The highest BCUT2D eigenvalue weighted by atomic mass is 16.5. The maximum absolute atomic E-state index is 5.64. The Bertz CT molecular complexity index is 350. The second-order valence-corrected chi connectivity index (χ2v) is 4.81. The average Bonchev–Trinajstić information content (AvgIpc) is 2.77. The summed E-state index contributed by atoms with van der Waals surface area (Å²) in [6.07, 6.45) is 4.09. The summed E-state index contributed by atoms with van der Waals surface area (Å²) in [5.41, 5.74) is 5.64. The first-order valence-corrected chi connectivity index (χ1v) is 6.26. The molecule has 0 spiro atoms. The third-order valence-electron chi connectivity index (χ3n) is 3.16. The van der Waals surface area contributed by atoms with E-state index in [9.17, 15) is 0 Å². The number of hydrogen-bond acceptors (Lipinski definition) is 4. The highest BCUT2D eigenvalue weighted by Crippen LogP contribution is 2.12. The number of nitrogens with zero attached hydrogens (tertiary/aromatic N) is 3. The Morgan fingerprint density at radius 2 is 2.41 bits per heavy atom. The first kappa shape index (κ1) is 12.5. The quantitative estimate of drug-likeness (QED) is 0.835. The SMILES string of the molecule is CC(C)n1ccnc1CN1CCO[C@@H](CN)C1. The summed E-state index contributed by atoms with van der Waals surface area (Å²) in [6.45, 7) is 8.45. The molecule has 5 nitrogen and oxygen atoms in total. The third kappa shape index (κ3) is 3.06. The van der Waals surface area contributed by atoms with Gasteiger partial charge in [-0.25, -0.2) is 4.98 Å². The zero-order valence-corrected chi connectivity index (χ0v) is 10.7. The molecule has 2 rings (SSSR count). The minimum Gasteiger partial charge on any atom is -0.374 e. The van der Waals surface area contributed by atoms with E-state index in [4.69, 9.17) is 10.5 Å². The van der Waals surface area contributed by atoms with Gasteiger partial charge in [0, 0.05) is 38.1 Å². The van der Waals surface area contributed by atoms with Crippen molar-refractivity contribution in [1.29, 1.82) is 0 Å². The van der Waals surface area contributed by atoms with Crippen molar-refractivity contribution in [3.8, 4) is 0 Å². The Hall–Kier alpha value is -0.910. The molecule has 1 fully saturated rings. The molecule has 1 aromatic heterocycles. The maximum atomic E-state index is 5.64. The van der Waals surface area contributed by atoms with Gasteiger partial charge in [0.15, 0.2) is 0 Å². The monoisotopic (exact) mass is 238 g/mol. The van der Waals surface area contributed by atoms with Crippen LogP contribution in [-0.2, 0) is 11.3 Å². The predicted molar refractivity (Wildman–Crippen MR) is 66.7 cm³/mol. The average molecular weight is 238 g/mol. The molecule has 0 unspecified atom stereocenters. The lowest BCUT2D eigenvalue weighted by Gasteiger charge is -2.32. The summed E-state index contributed by atoms with van der Waals surface area (Å²) >= 11 is 0. The normalized spacial score (nSPS) is 22.2. The zero-order valence-electron chi connectivity index (χ0n) is 10.7. The highest BCUT2D eigenvalue weighted by molar-refractivity contribution is 4.95. The van der Waals surface area contributed by atoms with Crippen molar-refractivity contribution >= 4 is 0 Å². The van der Waals surface area contributed by atoms with Gasteiger partial charge in [0.25, 0.3) is 0 Å². The highest BCUT2D eigenvalue weighted by Gasteiger charge is 2.20. The largest absolute Gasteiger partial charge is 0.374 e. The van der Waals surface area contributed by atoms with E-state index in [-0.39, 0.29) is 6.10 Å². The lowest BCUT2D eigenvalue weighted by Crippen LogP contribution is -2.45. The third-order valence-corrected chi connectivity index (χ3v) is 3.16. The van der Waals surface area contributed by atoms with Crippen molar-refractivity contribution in [3.63, 3.8) is 0 Å². The number of nitrogens with two attached hydrogens (primary N) is 1. The first-order valence-electron chi connectivity index (χ1n) is 6.26. The van der Waals surface area contributed by atoms with E-state index in [1.807, 2.05) is 12.4 Å². The second-order valence-electron chi connectivity index (χ2n) is 4.81. The van der Waals surface area contributed by atoms with Crippen LogP contribution in [0.15, 0.2) is 12.4 Å². The number of hydrogen-bond donors (Lipinski definition) is 1. The van der Waals surface area contributed by atoms with E-state index in [1.165, 1.54) is 0 Å². The van der Waals surface area contributed by atoms with E-state index in [1.54, 1.807) is 0 Å². The summed E-state index contributed by atoms with van der Waals surface area (Å²) in [7, 11) is 0. The molecule has 17 heavy (non-hydrogen) atoms. The van der Waals surface area contributed by atoms with Gasteiger partial charge in [-0.2, -0.15) is 0 Å². The number of aromatic nitrogens is 2. The van der Waals surface area contributed by atoms with Gasteiger partial charge in [-0.05, 0) is 13.8 Å². The van der Waals surface area contributed by atoms with Gasteiger partial charge in [0.2, 0.25) is 0 Å². The molecule has 0 aromatic carbocycles. The van der Waals surface area contributed by atoms with Crippen molar-refractivity contribution in [3.05, 3.63) is 18.2 Å². The Kier molecular flexibility index (Phi) is 4.15. The molecule has 0 aliphatic carbocycles. The Morgan fingerprint density at radius 3 is 3.12 bits per heavy atom. The standard InChI is InChI=1S/C12H22N4O/c1-10(2)16-4-3-14-12(16)9-15-5-6-17-11(7-13)8-15/h3-4,10-11H,5-9,13H2,1-2H3/t11-/m0/s1. The lowest BCUT2D eigenvalue weighted by atomic mass is 10.2. The Labute approximate surface area is 103 Å². The van der Waals surface area contributed by atoms with Crippen LogP contribution in [0, 0.1) is 0 Å². The number of ether oxygens (including phenoxy) is 1. The zero-order chi connectivity index (χ0) is 12.3. The summed E-state index contributed by atoms with van der Waals surface area (Å²) in [5, 5.41) is 0. The van der Waals surface area contributed by atoms with Crippen LogP contribution in [0.3, 0.4) is 0 Å². The van der Waals surface area contributed by atoms with E-state index in [0.717, 1.165) is 32.1 Å². The molecule has 0 amide bonds. The van der Waals surface area contributed by atoms with Crippen LogP contribution in [0.25, 0.3) is 0 Å². The number of imidazole rings is 1. The molecular formula is C12H22N4O. The summed E-state index contributed by atoms with van der Waals surface area (Å²) in [5.74, 6) is 1.12. The fourth-order valence-corrected chi connectivity index (χ4v) is 2.20. The molecule has 1 saturated heterocycles.